The summed E-state index contributed by atoms with van der Waals surface area (Å²) in [6.07, 6.45) is 1.53. The number of carbonyl (C=O) groups excluding carboxylic acids is 1. The van der Waals surface area contributed by atoms with Crippen molar-refractivity contribution < 1.29 is 22.7 Å². The van der Waals surface area contributed by atoms with Crippen LogP contribution in [0.3, 0.4) is 0 Å². The number of carbonyl (C=O) groups is 1. The maximum Gasteiger partial charge on any atom is 0.184 e. The van der Waals surface area contributed by atoms with E-state index in [0.29, 0.717) is 32.3 Å². The minimum absolute atomic E-state index is 0.0990. The molecule has 1 aliphatic rings. The van der Waals surface area contributed by atoms with Crippen LogP contribution in [0.25, 0.3) is 0 Å². The minimum atomic E-state index is -3.83. The number of rotatable bonds is 9. The topological polar surface area (TPSA) is 69.7 Å². The Bertz CT molecular complexity index is 916. The quantitative estimate of drug-likeness (QED) is 0.580. The fourth-order valence-electron chi connectivity index (χ4n) is 3.98. The van der Waals surface area contributed by atoms with Gasteiger partial charge in [0, 0.05) is 12.8 Å². The predicted octanol–water partition coefficient (Wildman–Crippen LogP) is 3.88. The van der Waals surface area contributed by atoms with Gasteiger partial charge in [-0.05, 0) is 44.4 Å². The van der Waals surface area contributed by atoms with Crippen molar-refractivity contribution in [3.63, 3.8) is 0 Å². The molecule has 1 aliphatic heterocycles. The highest BCUT2D eigenvalue weighted by molar-refractivity contribution is 7.92. The summed E-state index contributed by atoms with van der Waals surface area (Å²) in [7, 11) is -3.83. The highest BCUT2D eigenvalue weighted by Crippen LogP contribution is 2.42. The molecular formula is C23H28O5S. The van der Waals surface area contributed by atoms with E-state index in [1.165, 1.54) is 0 Å². The standard InChI is InChI=1S/C23H28O5S/c1-19-8-10-21(11-9-19)29(25,26)23(14-15-24,18-22(2)27-16-17-28-22)13-12-20-6-4-3-5-7-20/h3-11,15H,12-14,16-18H2,1-2H3. The Morgan fingerprint density at radius 3 is 2.24 bits per heavy atom. The largest absolute Gasteiger partial charge is 0.348 e. The molecule has 3 rings (SSSR count). The Labute approximate surface area is 173 Å². The summed E-state index contributed by atoms with van der Waals surface area (Å²) >= 11 is 0. The lowest BCUT2D eigenvalue weighted by Crippen LogP contribution is -2.47. The van der Waals surface area contributed by atoms with Crippen molar-refractivity contribution in [1.29, 1.82) is 0 Å². The van der Waals surface area contributed by atoms with Crippen LogP contribution in [-0.4, -0.2) is 38.5 Å². The van der Waals surface area contributed by atoms with Gasteiger partial charge in [0.05, 0.1) is 22.9 Å². The smallest absolute Gasteiger partial charge is 0.184 e. The molecule has 1 heterocycles. The zero-order valence-electron chi connectivity index (χ0n) is 17.0. The molecule has 0 N–H and O–H groups in total. The molecule has 2 aromatic rings. The second-order valence-electron chi connectivity index (χ2n) is 7.86. The van der Waals surface area contributed by atoms with Crippen LogP contribution >= 0.6 is 0 Å². The summed E-state index contributed by atoms with van der Waals surface area (Å²) in [5.41, 5.74) is 2.00. The Morgan fingerprint density at radius 1 is 1.03 bits per heavy atom. The first kappa shape index (κ1) is 21.7. The van der Waals surface area contributed by atoms with Crippen LogP contribution in [0.2, 0.25) is 0 Å². The number of aldehydes is 1. The number of hydrogen-bond donors (Lipinski definition) is 0. The first-order valence-electron chi connectivity index (χ1n) is 9.87. The summed E-state index contributed by atoms with van der Waals surface area (Å²) < 4.78 is 37.8. The summed E-state index contributed by atoms with van der Waals surface area (Å²) in [5.74, 6) is -1.03. The van der Waals surface area contributed by atoms with Gasteiger partial charge in [0.2, 0.25) is 0 Å². The molecule has 0 saturated carbocycles. The van der Waals surface area contributed by atoms with Crippen LogP contribution in [0.15, 0.2) is 59.5 Å². The molecule has 6 heteroatoms. The average molecular weight is 417 g/mol. The number of ether oxygens (including phenoxy) is 2. The van der Waals surface area contributed by atoms with E-state index in [-0.39, 0.29) is 17.7 Å². The summed E-state index contributed by atoms with van der Waals surface area (Å²) in [6, 6.07) is 16.5. The van der Waals surface area contributed by atoms with Crippen LogP contribution in [-0.2, 0) is 30.5 Å². The molecule has 1 saturated heterocycles. The van der Waals surface area contributed by atoms with Crippen molar-refractivity contribution >= 4 is 16.1 Å². The highest BCUT2D eigenvalue weighted by atomic mass is 32.2. The second kappa shape index (κ2) is 8.78. The van der Waals surface area contributed by atoms with Gasteiger partial charge in [0.1, 0.15) is 6.29 Å². The van der Waals surface area contributed by atoms with E-state index in [1.807, 2.05) is 37.3 Å². The SMILES string of the molecule is Cc1ccc(S(=O)(=O)C(CC=O)(CCc2ccccc2)CC2(C)OCCO2)cc1. The molecule has 0 amide bonds. The van der Waals surface area contributed by atoms with E-state index in [1.54, 1.807) is 31.2 Å². The van der Waals surface area contributed by atoms with Gasteiger partial charge in [0.15, 0.2) is 15.6 Å². The number of benzene rings is 2. The fourth-order valence-corrected chi connectivity index (χ4v) is 6.09. The van der Waals surface area contributed by atoms with E-state index in [4.69, 9.17) is 9.47 Å². The minimum Gasteiger partial charge on any atom is -0.348 e. The van der Waals surface area contributed by atoms with Gasteiger partial charge in [0.25, 0.3) is 0 Å². The van der Waals surface area contributed by atoms with Crippen molar-refractivity contribution in [1.82, 2.24) is 0 Å². The average Bonchev–Trinajstić information content (AvgIpc) is 3.13. The molecule has 156 valence electrons. The summed E-state index contributed by atoms with van der Waals surface area (Å²) in [4.78, 5) is 11.9. The van der Waals surface area contributed by atoms with Gasteiger partial charge in [-0.25, -0.2) is 8.42 Å². The fraction of sp³-hybridized carbons (Fsp3) is 0.435. The molecule has 0 aromatic heterocycles. The van der Waals surface area contributed by atoms with Gasteiger partial charge >= 0.3 is 0 Å². The zero-order chi connectivity index (χ0) is 21.0. The van der Waals surface area contributed by atoms with Crippen LogP contribution in [0.5, 0.6) is 0 Å². The molecule has 5 nitrogen and oxygen atoms in total. The predicted molar refractivity (Wildman–Crippen MR) is 111 cm³/mol. The van der Waals surface area contributed by atoms with Crippen molar-refractivity contribution in [2.75, 3.05) is 13.2 Å². The van der Waals surface area contributed by atoms with Crippen LogP contribution in [0.4, 0.5) is 0 Å². The Hall–Kier alpha value is -2.02. The highest BCUT2D eigenvalue weighted by Gasteiger charge is 2.50. The van der Waals surface area contributed by atoms with Gasteiger partial charge in [-0.3, -0.25) is 0 Å². The monoisotopic (exact) mass is 416 g/mol. The molecule has 1 fully saturated rings. The lowest BCUT2D eigenvalue weighted by atomic mass is 9.89. The van der Waals surface area contributed by atoms with Crippen LogP contribution in [0.1, 0.15) is 37.3 Å². The zero-order valence-corrected chi connectivity index (χ0v) is 17.8. The molecule has 0 aliphatic carbocycles. The summed E-state index contributed by atoms with van der Waals surface area (Å²) in [6.45, 7) is 4.49. The lowest BCUT2D eigenvalue weighted by molar-refractivity contribution is -0.153. The van der Waals surface area contributed by atoms with E-state index < -0.39 is 20.4 Å². The number of sulfone groups is 1. The number of aryl methyl sites for hydroxylation is 2. The molecule has 0 bridgehead atoms. The molecule has 2 aromatic carbocycles. The van der Waals surface area contributed by atoms with Gasteiger partial charge in [-0.2, -0.15) is 0 Å². The molecule has 29 heavy (non-hydrogen) atoms. The Kier molecular flexibility index (Phi) is 6.56. The molecular weight excluding hydrogens is 388 g/mol. The molecule has 0 radical (unpaired) electrons. The molecule has 1 atom stereocenters. The van der Waals surface area contributed by atoms with Crippen LogP contribution in [0, 0.1) is 6.92 Å². The first-order chi connectivity index (χ1) is 13.8. The molecule has 0 spiro atoms. The third-order valence-corrected chi connectivity index (χ3v) is 8.16. The van der Waals surface area contributed by atoms with E-state index in [0.717, 1.165) is 11.1 Å². The molecule has 1 unspecified atom stereocenters. The van der Waals surface area contributed by atoms with E-state index >= 15 is 0 Å². The normalized spacial score (nSPS) is 18.3. The maximum atomic E-state index is 13.8. The van der Waals surface area contributed by atoms with E-state index in [9.17, 15) is 13.2 Å². The van der Waals surface area contributed by atoms with Crippen molar-refractivity contribution in [2.45, 2.75) is 55.0 Å². The van der Waals surface area contributed by atoms with Gasteiger partial charge < -0.3 is 14.3 Å². The Morgan fingerprint density at radius 2 is 1.66 bits per heavy atom. The lowest BCUT2D eigenvalue weighted by Gasteiger charge is -2.37. The van der Waals surface area contributed by atoms with E-state index in [2.05, 4.69) is 0 Å². The van der Waals surface area contributed by atoms with Crippen molar-refractivity contribution in [2.24, 2.45) is 0 Å². The third-order valence-electron chi connectivity index (χ3n) is 5.61. The van der Waals surface area contributed by atoms with Crippen LogP contribution < -0.4 is 0 Å². The van der Waals surface area contributed by atoms with Gasteiger partial charge in [-0.15, -0.1) is 0 Å². The Balaban J connectivity index is 2.03. The third kappa shape index (κ3) is 4.77. The number of hydrogen-bond acceptors (Lipinski definition) is 5. The maximum absolute atomic E-state index is 13.8. The van der Waals surface area contributed by atoms with Gasteiger partial charge in [-0.1, -0.05) is 48.0 Å². The summed E-state index contributed by atoms with van der Waals surface area (Å²) in [5, 5.41) is 0. The van der Waals surface area contributed by atoms with Crippen molar-refractivity contribution in [3.05, 3.63) is 65.7 Å². The van der Waals surface area contributed by atoms with Crippen molar-refractivity contribution in [3.8, 4) is 0 Å². The second-order valence-corrected chi connectivity index (χ2v) is 10.2. The first-order valence-corrected chi connectivity index (χ1v) is 11.4.